The zero-order valence-corrected chi connectivity index (χ0v) is 11.1. The second-order valence-corrected chi connectivity index (χ2v) is 5.10. The van der Waals surface area contributed by atoms with E-state index in [1.807, 2.05) is 36.6 Å². The van der Waals surface area contributed by atoms with Crippen molar-refractivity contribution in [2.24, 2.45) is 0 Å². The van der Waals surface area contributed by atoms with Gasteiger partial charge < -0.3 is 4.74 Å². The maximum absolute atomic E-state index is 11.7. The van der Waals surface area contributed by atoms with Crippen LogP contribution in [0.15, 0.2) is 29.6 Å². The first kappa shape index (κ1) is 12.1. The molecule has 1 heterocycles. The second-order valence-electron chi connectivity index (χ2n) is 3.58. The number of halogens is 1. The van der Waals surface area contributed by atoms with E-state index in [1.54, 1.807) is 0 Å². The minimum atomic E-state index is -0.315. The monoisotopic (exact) mass is 266 g/mol. The Morgan fingerprint density at radius 3 is 2.82 bits per heavy atom. The Kier molecular flexibility index (Phi) is 3.50. The van der Waals surface area contributed by atoms with Crippen molar-refractivity contribution in [3.63, 3.8) is 0 Å². The first-order chi connectivity index (χ1) is 8.13. The van der Waals surface area contributed by atoms with Crippen LogP contribution in [-0.2, 0) is 4.74 Å². The molecule has 1 aromatic heterocycles. The van der Waals surface area contributed by atoms with Crippen molar-refractivity contribution in [3.05, 3.63) is 45.1 Å². The average Bonchev–Trinajstić information content (AvgIpc) is 2.70. The van der Waals surface area contributed by atoms with E-state index in [1.165, 1.54) is 18.4 Å². The molecular formula is C13H11ClO2S. The molecule has 0 amide bonds. The fraction of sp³-hybridized carbons (Fsp3) is 0.154. The molecule has 0 N–H and O–H groups in total. The van der Waals surface area contributed by atoms with Crippen LogP contribution in [0.25, 0.3) is 11.1 Å². The molecule has 0 unspecified atom stereocenters. The van der Waals surface area contributed by atoms with Gasteiger partial charge in [-0.1, -0.05) is 23.7 Å². The summed E-state index contributed by atoms with van der Waals surface area (Å²) < 4.78 is 4.78. The molecule has 0 aliphatic carbocycles. The Morgan fingerprint density at radius 2 is 2.18 bits per heavy atom. The number of thiophene rings is 1. The van der Waals surface area contributed by atoms with Crippen molar-refractivity contribution in [1.29, 1.82) is 0 Å². The van der Waals surface area contributed by atoms with E-state index in [0.717, 1.165) is 16.0 Å². The molecule has 0 atom stereocenters. The lowest BCUT2D eigenvalue weighted by Gasteiger charge is -2.05. The predicted octanol–water partition coefficient (Wildman–Crippen LogP) is 4.16. The van der Waals surface area contributed by atoms with Gasteiger partial charge >= 0.3 is 5.97 Å². The number of rotatable bonds is 2. The standard InChI is InChI=1S/C13H11ClO2S/c1-8-12(9-4-3-5-10(14)6-9)11(7-17-8)13(15)16-2/h3-7H,1-2H3. The molecule has 0 aliphatic heterocycles. The lowest BCUT2D eigenvalue weighted by atomic mass is 10.0. The van der Waals surface area contributed by atoms with E-state index < -0.39 is 0 Å². The third kappa shape index (κ3) is 2.35. The molecule has 88 valence electrons. The second kappa shape index (κ2) is 4.90. The molecule has 0 saturated carbocycles. The summed E-state index contributed by atoms with van der Waals surface area (Å²) in [5.74, 6) is -0.315. The summed E-state index contributed by atoms with van der Waals surface area (Å²) in [5.41, 5.74) is 2.44. The largest absolute Gasteiger partial charge is 0.465 e. The summed E-state index contributed by atoms with van der Waals surface area (Å²) >= 11 is 7.50. The van der Waals surface area contributed by atoms with Gasteiger partial charge in [0.2, 0.25) is 0 Å². The van der Waals surface area contributed by atoms with E-state index in [0.29, 0.717) is 10.6 Å². The van der Waals surface area contributed by atoms with Gasteiger partial charge in [-0.25, -0.2) is 4.79 Å². The number of benzene rings is 1. The lowest BCUT2D eigenvalue weighted by molar-refractivity contribution is 0.0602. The quantitative estimate of drug-likeness (QED) is 0.763. The van der Waals surface area contributed by atoms with Gasteiger partial charge in [0.05, 0.1) is 12.7 Å². The highest BCUT2D eigenvalue weighted by atomic mass is 35.5. The summed E-state index contributed by atoms with van der Waals surface area (Å²) in [6.07, 6.45) is 0. The smallest absolute Gasteiger partial charge is 0.339 e. The van der Waals surface area contributed by atoms with E-state index in [2.05, 4.69) is 0 Å². The predicted molar refractivity (Wildman–Crippen MR) is 70.8 cm³/mol. The van der Waals surface area contributed by atoms with Crippen molar-refractivity contribution in [1.82, 2.24) is 0 Å². The Morgan fingerprint density at radius 1 is 1.41 bits per heavy atom. The molecule has 0 bridgehead atoms. The highest BCUT2D eigenvalue weighted by molar-refractivity contribution is 7.10. The first-order valence-corrected chi connectivity index (χ1v) is 6.31. The van der Waals surface area contributed by atoms with Crippen molar-refractivity contribution in [2.75, 3.05) is 7.11 Å². The molecule has 1 aromatic carbocycles. The summed E-state index contributed by atoms with van der Waals surface area (Å²) in [5, 5.41) is 2.47. The molecule has 2 nitrogen and oxygen atoms in total. The number of carbonyl (C=O) groups excluding carboxylic acids is 1. The molecule has 0 aliphatic rings. The highest BCUT2D eigenvalue weighted by Crippen LogP contribution is 2.33. The topological polar surface area (TPSA) is 26.3 Å². The van der Waals surface area contributed by atoms with Crippen molar-refractivity contribution in [3.8, 4) is 11.1 Å². The molecule has 0 saturated heterocycles. The maximum Gasteiger partial charge on any atom is 0.339 e. The third-order valence-corrected chi connectivity index (χ3v) is 3.64. The fourth-order valence-electron chi connectivity index (χ4n) is 1.72. The fourth-order valence-corrected chi connectivity index (χ4v) is 2.76. The van der Waals surface area contributed by atoms with Gasteiger partial charge in [-0.3, -0.25) is 0 Å². The summed E-state index contributed by atoms with van der Waals surface area (Å²) in [6, 6.07) is 7.47. The van der Waals surface area contributed by atoms with Crippen LogP contribution in [-0.4, -0.2) is 13.1 Å². The van der Waals surface area contributed by atoms with Crippen LogP contribution in [0.1, 0.15) is 15.2 Å². The van der Waals surface area contributed by atoms with Gasteiger partial charge in [0.1, 0.15) is 0 Å². The van der Waals surface area contributed by atoms with Gasteiger partial charge in [-0.15, -0.1) is 11.3 Å². The number of aryl methyl sites for hydroxylation is 1. The molecule has 2 aromatic rings. The van der Waals surface area contributed by atoms with Crippen LogP contribution in [0.4, 0.5) is 0 Å². The van der Waals surface area contributed by atoms with Gasteiger partial charge in [0.15, 0.2) is 0 Å². The minimum Gasteiger partial charge on any atom is -0.465 e. The van der Waals surface area contributed by atoms with Crippen molar-refractivity contribution >= 4 is 28.9 Å². The number of methoxy groups -OCH3 is 1. The Bertz CT molecular complexity index is 560. The van der Waals surface area contributed by atoms with Gasteiger partial charge in [0.25, 0.3) is 0 Å². The number of hydrogen-bond acceptors (Lipinski definition) is 3. The lowest BCUT2D eigenvalue weighted by Crippen LogP contribution is -2.01. The van der Waals surface area contributed by atoms with E-state index in [-0.39, 0.29) is 5.97 Å². The van der Waals surface area contributed by atoms with Crippen LogP contribution in [0, 0.1) is 6.92 Å². The normalized spacial score (nSPS) is 10.3. The third-order valence-electron chi connectivity index (χ3n) is 2.49. The maximum atomic E-state index is 11.7. The van der Waals surface area contributed by atoms with Crippen molar-refractivity contribution in [2.45, 2.75) is 6.92 Å². The van der Waals surface area contributed by atoms with Crippen LogP contribution >= 0.6 is 22.9 Å². The summed E-state index contributed by atoms with van der Waals surface area (Å²) in [4.78, 5) is 12.7. The average molecular weight is 267 g/mol. The molecule has 17 heavy (non-hydrogen) atoms. The van der Waals surface area contributed by atoms with Crippen LogP contribution < -0.4 is 0 Å². The summed E-state index contributed by atoms with van der Waals surface area (Å²) in [6.45, 7) is 1.98. The number of esters is 1. The first-order valence-electron chi connectivity index (χ1n) is 5.06. The molecule has 0 fully saturated rings. The van der Waals surface area contributed by atoms with E-state index >= 15 is 0 Å². The Labute approximate surface area is 109 Å². The van der Waals surface area contributed by atoms with E-state index in [4.69, 9.17) is 16.3 Å². The Hall–Kier alpha value is -1.32. The number of ether oxygens (including phenoxy) is 1. The molecule has 0 radical (unpaired) electrons. The molecule has 4 heteroatoms. The number of carbonyl (C=O) groups is 1. The Balaban J connectivity index is 2.58. The molecule has 2 rings (SSSR count). The van der Waals surface area contributed by atoms with Gasteiger partial charge in [0, 0.05) is 20.8 Å². The van der Waals surface area contributed by atoms with Gasteiger partial charge in [-0.05, 0) is 24.6 Å². The van der Waals surface area contributed by atoms with Crippen LogP contribution in [0.5, 0.6) is 0 Å². The SMILES string of the molecule is COC(=O)c1csc(C)c1-c1cccc(Cl)c1. The van der Waals surface area contributed by atoms with Crippen LogP contribution in [0.2, 0.25) is 5.02 Å². The number of hydrogen-bond donors (Lipinski definition) is 0. The summed E-state index contributed by atoms with van der Waals surface area (Å²) in [7, 11) is 1.39. The van der Waals surface area contributed by atoms with E-state index in [9.17, 15) is 4.79 Å². The van der Waals surface area contributed by atoms with Gasteiger partial charge in [-0.2, -0.15) is 0 Å². The van der Waals surface area contributed by atoms with Crippen molar-refractivity contribution < 1.29 is 9.53 Å². The zero-order chi connectivity index (χ0) is 12.4. The van der Waals surface area contributed by atoms with Crippen LogP contribution in [0.3, 0.4) is 0 Å². The molecule has 0 spiro atoms. The highest BCUT2D eigenvalue weighted by Gasteiger charge is 2.17. The zero-order valence-electron chi connectivity index (χ0n) is 9.49. The molecular weight excluding hydrogens is 256 g/mol. The minimum absolute atomic E-state index is 0.315.